The minimum Gasteiger partial charge on any atom is -0.482 e. The third-order valence-electron chi connectivity index (χ3n) is 24.3. The van der Waals surface area contributed by atoms with Crippen LogP contribution in [0.4, 0.5) is 0 Å². The molecule has 2 saturated carbocycles. The van der Waals surface area contributed by atoms with Crippen molar-refractivity contribution >= 4 is 35.9 Å². The normalized spacial score (nSPS) is 19.4. The number of fused-ring (bicyclic) bond motifs is 4. The van der Waals surface area contributed by atoms with Gasteiger partial charge in [0.05, 0.1) is 71.2 Å². The van der Waals surface area contributed by atoms with Crippen molar-refractivity contribution in [3.63, 3.8) is 0 Å². The van der Waals surface area contributed by atoms with E-state index in [4.69, 9.17) is 60.0 Å². The van der Waals surface area contributed by atoms with Crippen molar-refractivity contribution in [3.8, 4) is 11.5 Å². The zero-order valence-electron chi connectivity index (χ0n) is 71.1. The number of unbranched alkanes of at least 4 members (excludes halogenated alkanes) is 4. The summed E-state index contributed by atoms with van der Waals surface area (Å²) >= 11 is 0. The predicted molar refractivity (Wildman–Crippen MR) is 468 cm³/mol. The summed E-state index contributed by atoms with van der Waals surface area (Å²) in [4.78, 5) is 25.2. The Morgan fingerprint density at radius 2 is 0.773 bits per heavy atom. The van der Waals surface area contributed by atoms with Gasteiger partial charge in [-0.3, -0.25) is 27.1 Å². The van der Waals surface area contributed by atoms with Gasteiger partial charge in [-0.05, 0) is 198 Å². The van der Waals surface area contributed by atoms with Crippen molar-refractivity contribution in [2.24, 2.45) is 35.5 Å². The van der Waals surface area contributed by atoms with Crippen LogP contribution in [0.5, 0.6) is 11.5 Å². The molecule has 21 heteroatoms. The molecule has 0 saturated heterocycles. The molecule has 10 atom stereocenters. The van der Waals surface area contributed by atoms with Crippen LogP contribution in [0.3, 0.4) is 0 Å². The van der Waals surface area contributed by atoms with Crippen molar-refractivity contribution in [3.05, 3.63) is 274 Å². The maximum absolute atomic E-state index is 14.0. The van der Waals surface area contributed by atoms with E-state index in [1.54, 1.807) is 0 Å². The lowest BCUT2D eigenvalue weighted by atomic mass is 9.73. The number of phosphoric ester groups is 2. The Morgan fingerprint density at radius 1 is 0.420 bits per heavy atom. The topological polar surface area (TPSA) is 208 Å². The van der Waals surface area contributed by atoms with Crippen molar-refractivity contribution in [2.45, 2.75) is 232 Å². The summed E-state index contributed by atoms with van der Waals surface area (Å²) in [6, 6.07) is 70.0. The zero-order chi connectivity index (χ0) is 83.7. The average molecular weight is 1680 g/mol. The molecule has 4 aliphatic carbocycles. The number of hydrogen-bond acceptors (Lipinski definition) is 18. The standard InChI is InChI=1S/C52H71O9PSi.C46H57O9P/c1-7-8-12-27-45(55-31-32-58-62(54,59-37-41-22-15-10-16-23-41)60-38-42-24-17-11-18-25-42)29-30-46-47-33-43-26-19-28-49(56-39-51(53)57-36-40-20-13-9-14-21-40)48(43)34-44(47)35-50(46)61-63(5,6)52(2,3)4;1-2-3-7-22-40(50-26-27-53-56(49,54-32-36-17-10-5-11-18-36)55-33-37-19-12-6-13-20-37)24-25-41-42-28-38-21-14-23-45(43(38)29-39(42)30-44(41)47)51-34-46(48)52-31-35-15-8-4-9-16-35/h9-11,13-26,28,44-47,50H,7-8,12,27,29-39H2,1-6H3;4-6,8-21,23,39-42,44,47H,2-3,7,22,24-34H2,1H3/t44-,45-,46+,47-,50+;39-,40-,41+,42-,44+/m00/s1. The van der Waals surface area contributed by atoms with Crippen LogP contribution in [0.25, 0.3) is 0 Å². The van der Waals surface area contributed by atoms with Gasteiger partial charge in [0.25, 0.3) is 0 Å². The van der Waals surface area contributed by atoms with Crippen LogP contribution in [0.15, 0.2) is 218 Å². The molecule has 0 radical (unpaired) electrons. The van der Waals surface area contributed by atoms with Crippen molar-refractivity contribution < 1.29 is 83.8 Å². The molecule has 119 heavy (non-hydrogen) atoms. The van der Waals surface area contributed by atoms with E-state index in [2.05, 4.69) is 65.9 Å². The predicted octanol–water partition coefficient (Wildman–Crippen LogP) is 22.7. The van der Waals surface area contributed by atoms with E-state index in [9.17, 15) is 23.8 Å². The van der Waals surface area contributed by atoms with Gasteiger partial charge in [-0.2, -0.15) is 0 Å². The summed E-state index contributed by atoms with van der Waals surface area (Å²) in [7, 11) is -9.88. The van der Waals surface area contributed by atoms with Crippen LogP contribution in [-0.2, 0) is 135 Å². The molecule has 0 unspecified atom stereocenters. The third-order valence-corrected chi connectivity index (χ3v) is 31.6. The lowest BCUT2D eigenvalue weighted by Crippen LogP contribution is -2.45. The van der Waals surface area contributed by atoms with Crippen molar-refractivity contribution in [1.29, 1.82) is 0 Å². The molecule has 18 nitrogen and oxygen atoms in total. The van der Waals surface area contributed by atoms with Crippen LogP contribution in [0.2, 0.25) is 18.1 Å². The number of carbonyl (C=O) groups is 2. The molecule has 0 heterocycles. The second-order valence-electron chi connectivity index (χ2n) is 33.8. The molecule has 1 N–H and O–H groups in total. The van der Waals surface area contributed by atoms with E-state index < -0.39 is 29.9 Å². The summed E-state index contributed by atoms with van der Waals surface area (Å²) in [6.45, 7) is 17.4. The number of benzene rings is 8. The first kappa shape index (κ1) is 92.3. The Balaban J connectivity index is 0.000000235. The fourth-order valence-corrected chi connectivity index (χ4v) is 20.5. The fourth-order valence-electron chi connectivity index (χ4n) is 16.9. The van der Waals surface area contributed by atoms with Crippen LogP contribution < -0.4 is 9.47 Å². The van der Waals surface area contributed by atoms with Crippen molar-refractivity contribution in [1.82, 2.24) is 0 Å². The number of ether oxygens (including phenoxy) is 6. The molecule has 0 amide bonds. The van der Waals surface area contributed by atoms with Gasteiger partial charge in [0.1, 0.15) is 24.7 Å². The molecule has 642 valence electrons. The van der Waals surface area contributed by atoms with E-state index in [0.29, 0.717) is 29.6 Å². The summed E-state index contributed by atoms with van der Waals surface area (Å²) in [6.07, 6.45) is 17.2. The van der Waals surface area contributed by atoms with E-state index in [1.807, 2.05) is 200 Å². The van der Waals surface area contributed by atoms with Gasteiger partial charge in [0.15, 0.2) is 21.5 Å². The van der Waals surface area contributed by atoms with Crippen molar-refractivity contribution in [2.75, 3.05) is 39.6 Å². The maximum Gasteiger partial charge on any atom is 0.475 e. The van der Waals surface area contributed by atoms with Gasteiger partial charge in [0, 0.05) is 6.10 Å². The van der Waals surface area contributed by atoms with Gasteiger partial charge in [-0.1, -0.05) is 279 Å². The second-order valence-corrected chi connectivity index (χ2v) is 41.9. The van der Waals surface area contributed by atoms with Crippen LogP contribution in [0, 0.1) is 35.5 Å². The number of aliphatic hydroxyl groups is 1. The number of rotatable bonds is 48. The lowest BCUT2D eigenvalue weighted by Gasteiger charge is -2.40. The highest BCUT2D eigenvalue weighted by atomic mass is 31.2. The summed E-state index contributed by atoms with van der Waals surface area (Å²) in [5.41, 5.74) is 10.3. The average Bonchev–Trinajstić information content (AvgIpc) is 1.64. The van der Waals surface area contributed by atoms with Gasteiger partial charge in [-0.15, -0.1) is 0 Å². The Morgan fingerprint density at radius 3 is 1.14 bits per heavy atom. The maximum atomic E-state index is 14.0. The summed E-state index contributed by atoms with van der Waals surface area (Å²) in [5, 5.41) is 11.5. The number of phosphoric acid groups is 2. The number of esters is 2. The molecule has 0 bridgehead atoms. The first-order valence-corrected chi connectivity index (χ1v) is 49.2. The molecule has 12 rings (SSSR count). The van der Waals surface area contributed by atoms with Gasteiger partial charge < -0.3 is 38.0 Å². The Hall–Kier alpha value is -7.42. The Bertz CT molecular complexity index is 4290. The monoisotopic (exact) mass is 1680 g/mol. The molecule has 0 spiro atoms. The highest BCUT2D eigenvalue weighted by molar-refractivity contribution is 7.48. The molecule has 0 aliphatic heterocycles. The third kappa shape index (κ3) is 29.4. The van der Waals surface area contributed by atoms with E-state index in [1.165, 1.54) is 16.7 Å². The smallest absolute Gasteiger partial charge is 0.475 e. The molecule has 4 aliphatic rings. The fraction of sp³-hybridized carbons (Fsp3) is 0.490. The van der Waals surface area contributed by atoms with E-state index >= 15 is 0 Å². The minimum absolute atomic E-state index is 0.0104. The SMILES string of the molecule is CCCCC[C@@H](CC[C@@H]1[C@H]2Cc3cccc(OCC(=O)OCc4ccccc4)c3C[C@H]2C[C@H]1O)OCCOP(=O)(OCc1ccccc1)OCc1ccccc1.CCCCC[C@@H](CC[C@@H]1[C@H]2Cc3cccc(OCC(=O)OCc4ccccc4)c3C[C@H]2C[C@H]1O[Si](C)(C)C(C)(C)C)OCCOP(=O)(OCc1ccccc1)OCc1ccccc1. The van der Waals surface area contributed by atoms with Crippen LogP contribution >= 0.6 is 15.6 Å². The Labute approximate surface area is 708 Å². The zero-order valence-corrected chi connectivity index (χ0v) is 73.8. The number of hydrogen-bond donors (Lipinski definition) is 1. The largest absolute Gasteiger partial charge is 0.482 e. The van der Waals surface area contributed by atoms with Crippen LogP contribution in [0.1, 0.15) is 180 Å². The lowest BCUT2D eigenvalue weighted by molar-refractivity contribution is -0.148. The quantitative estimate of drug-likeness (QED) is 0.0163. The molecule has 8 aromatic rings. The summed E-state index contributed by atoms with van der Waals surface area (Å²) in [5.74, 6) is 2.87. The highest BCUT2D eigenvalue weighted by Gasteiger charge is 2.50. The number of aliphatic hydroxyl groups excluding tert-OH is 1. The molecular formula is C98H128O18P2Si. The molecular weight excluding hydrogens is 1560 g/mol. The molecule has 2 fully saturated rings. The number of carbonyl (C=O) groups excluding carboxylic acids is 2. The summed E-state index contributed by atoms with van der Waals surface area (Å²) < 4.78 is 106. The van der Waals surface area contributed by atoms with Gasteiger partial charge >= 0.3 is 27.6 Å². The van der Waals surface area contributed by atoms with Gasteiger partial charge in [0.2, 0.25) is 0 Å². The molecule has 0 aromatic heterocycles. The Kier molecular flexibility index (Phi) is 36.7. The highest BCUT2D eigenvalue weighted by Crippen LogP contribution is 2.55. The molecule has 8 aromatic carbocycles. The van der Waals surface area contributed by atoms with Gasteiger partial charge in [-0.25, -0.2) is 18.7 Å². The minimum atomic E-state index is -3.91. The second kappa shape index (κ2) is 47.3. The van der Waals surface area contributed by atoms with E-state index in [-0.39, 0.29) is 121 Å². The van der Waals surface area contributed by atoms with Crippen LogP contribution in [-0.4, -0.2) is 89.4 Å². The first-order chi connectivity index (χ1) is 57.7. The van der Waals surface area contributed by atoms with E-state index in [0.717, 1.165) is 166 Å². The first-order valence-electron chi connectivity index (χ1n) is 43.4.